The number of nitrogens with one attached hydrogen (secondary N) is 1. The van der Waals surface area contributed by atoms with E-state index in [0.29, 0.717) is 6.61 Å². The summed E-state index contributed by atoms with van der Waals surface area (Å²) < 4.78 is 10.9. The number of ether oxygens (including phenoxy) is 1. The van der Waals surface area contributed by atoms with E-state index in [2.05, 4.69) is 35.8 Å². The second-order valence-electron chi connectivity index (χ2n) is 4.23. The molecule has 102 valence electrons. The molecular weight excluding hydrogens is 258 g/mol. The summed E-state index contributed by atoms with van der Waals surface area (Å²) in [5, 5.41) is 3.29. The largest absolute Gasteiger partial charge is 0.462 e. The van der Waals surface area contributed by atoms with E-state index in [1.165, 1.54) is 10.5 Å². The number of rotatable bonds is 6. The van der Waals surface area contributed by atoms with Gasteiger partial charge >= 0.3 is 0 Å². The van der Waals surface area contributed by atoms with Gasteiger partial charge in [-0.3, -0.25) is 0 Å². The van der Waals surface area contributed by atoms with Crippen molar-refractivity contribution < 1.29 is 9.15 Å². The number of benzene rings is 1. The summed E-state index contributed by atoms with van der Waals surface area (Å²) in [6.07, 6.45) is 2.08. The molecule has 0 bridgehead atoms. The van der Waals surface area contributed by atoms with Crippen LogP contribution in [0.15, 0.2) is 45.7 Å². The van der Waals surface area contributed by atoms with Crippen LogP contribution in [0, 0.1) is 0 Å². The highest BCUT2D eigenvalue weighted by molar-refractivity contribution is 7.98. The third-order valence-electron chi connectivity index (χ3n) is 2.99. The molecule has 0 saturated carbocycles. The summed E-state index contributed by atoms with van der Waals surface area (Å²) in [6.45, 7) is 0.502. The second kappa shape index (κ2) is 6.80. The van der Waals surface area contributed by atoms with Crippen LogP contribution in [0.3, 0.4) is 0 Å². The molecule has 1 aromatic heterocycles. The molecule has 0 amide bonds. The van der Waals surface area contributed by atoms with Crippen LogP contribution in [0.5, 0.6) is 0 Å². The molecule has 3 nitrogen and oxygen atoms in total. The van der Waals surface area contributed by atoms with Gasteiger partial charge in [0.1, 0.15) is 18.1 Å². The Hall–Kier alpha value is -1.23. The van der Waals surface area contributed by atoms with Crippen molar-refractivity contribution in [2.75, 3.05) is 20.4 Å². The van der Waals surface area contributed by atoms with Crippen molar-refractivity contribution in [3.05, 3.63) is 53.5 Å². The summed E-state index contributed by atoms with van der Waals surface area (Å²) in [5.74, 6) is 1.75. The predicted octanol–water partition coefficient (Wildman–Crippen LogP) is 3.46. The van der Waals surface area contributed by atoms with Crippen LogP contribution in [-0.4, -0.2) is 20.4 Å². The molecule has 0 radical (unpaired) electrons. The smallest absolute Gasteiger partial charge is 0.129 e. The minimum absolute atomic E-state index is 0.0708. The van der Waals surface area contributed by atoms with Crippen LogP contribution < -0.4 is 5.32 Å². The molecule has 1 aromatic carbocycles. The molecule has 19 heavy (non-hydrogen) atoms. The van der Waals surface area contributed by atoms with Gasteiger partial charge in [-0.15, -0.1) is 11.8 Å². The fourth-order valence-electron chi connectivity index (χ4n) is 2.04. The van der Waals surface area contributed by atoms with Gasteiger partial charge in [0.2, 0.25) is 0 Å². The minimum Gasteiger partial charge on any atom is -0.462 e. The lowest BCUT2D eigenvalue weighted by Crippen LogP contribution is -2.16. The zero-order valence-electron chi connectivity index (χ0n) is 11.5. The third kappa shape index (κ3) is 3.41. The van der Waals surface area contributed by atoms with Gasteiger partial charge in [0.15, 0.2) is 0 Å². The Morgan fingerprint density at radius 3 is 2.53 bits per heavy atom. The number of hydrogen-bond acceptors (Lipinski definition) is 4. The molecule has 0 aliphatic carbocycles. The van der Waals surface area contributed by atoms with Crippen molar-refractivity contribution in [2.45, 2.75) is 17.5 Å². The van der Waals surface area contributed by atoms with Gasteiger partial charge in [0, 0.05) is 12.0 Å². The summed E-state index contributed by atoms with van der Waals surface area (Å²) >= 11 is 1.74. The maximum atomic E-state index is 5.80. The van der Waals surface area contributed by atoms with E-state index in [1.807, 2.05) is 19.2 Å². The highest BCUT2D eigenvalue weighted by Gasteiger charge is 2.16. The van der Waals surface area contributed by atoms with E-state index in [0.717, 1.165) is 11.5 Å². The SMILES string of the molecule is CNC(c1ccc(SC)cc1)c1ccc(COC)o1. The van der Waals surface area contributed by atoms with Crippen LogP contribution in [-0.2, 0) is 11.3 Å². The van der Waals surface area contributed by atoms with E-state index in [9.17, 15) is 0 Å². The minimum atomic E-state index is 0.0708. The Kier molecular flexibility index (Phi) is 5.07. The molecule has 2 rings (SSSR count). The van der Waals surface area contributed by atoms with Crippen molar-refractivity contribution in [3.63, 3.8) is 0 Å². The lowest BCUT2D eigenvalue weighted by Gasteiger charge is -2.14. The zero-order valence-corrected chi connectivity index (χ0v) is 12.3. The highest BCUT2D eigenvalue weighted by Crippen LogP contribution is 2.25. The molecule has 1 atom stereocenters. The molecule has 1 N–H and O–H groups in total. The van der Waals surface area contributed by atoms with Crippen molar-refractivity contribution in [3.8, 4) is 0 Å². The topological polar surface area (TPSA) is 34.4 Å². The lowest BCUT2D eigenvalue weighted by atomic mass is 10.1. The summed E-state index contributed by atoms with van der Waals surface area (Å²) in [6, 6.07) is 12.5. The lowest BCUT2D eigenvalue weighted by molar-refractivity contribution is 0.162. The number of methoxy groups -OCH3 is 1. The van der Waals surface area contributed by atoms with Crippen LogP contribution in [0.25, 0.3) is 0 Å². The number of hydrogen-bond donors (Lipinski definition) is 1. The molecule has 0 aliphatic heterocycles. The number of furan rings is 1. The van der Waals surface area contributed by atoms with Gasteiger partial charge < -0.3 is 14.5 Å². The van der Waals surface area contributed by atoms with Crippen molar-refractivity contribution in [1.29, 1.82) is 0 Å². The first-order valence-electron chi connectivity index (χ1n) is 6.17. The van der Waals surface area contributed by atoms with E-state index < -0.39 is 0 Å². The molecular formula is C15H19NO2S. The third-order valence-corrected chi connectivity index (χ3v) is 3.73. The van der Waals surface area contributed by atoms with Gasteiger partial charge in [0.05, 0.1) is 6.04 Å². The first-order chi connectivity index (χ1) is 9.28. The number of thioether (sulfide) groups is 1. The first-order valence-corrected chi connectivity index (χ1v) is 7.39. The molecule has 0 fully saturated rings. The average Bonchev–Trinajstić information content (AvgIpc) is 2.89. The van der Waals surface area contributed by atoms with Crippen LogP contribution in [0.4, 0.5) is 0 Å². The Morgan fingerprint density at radius 2 is 1.95 bits per heavy atom. The molecule has 0 spiro atoms. The summed E-state index contributed by atoms with van der Waals surface area (Å²) in [7, 11) is 3.60. The quantitative estimate of drug-likeness (QED) is 0.820. The molecule has 2 aromatic rings. The van der Waals surface area contributed by atoms with Crippen molar-refractivity contribution in [2.24, 2.45) is 0 Å². The van der Waals surface area contributed by atoms with E-state index >= 15 is 0 Å². The fourth-order valence-corrected chi connectivity index (χ4v) is 2.45. The van der Waals surface area contributed by atoms with Crippen molar-refractivity contribution in [1.82, 2.24) is 5.32 Å². The molecule has 1 unspecified atom stereocenters. The maximum Gasteiger partial charge on any atom is 0.129 e. The van der Waals surface area contributed by atoms with Gasteiger partial charge in [-0.25, -0.2) is 0 Å². The molecule has 1 heterocycles. The standard InChI is InChI=1S/C15H19NO2S/c1-16-15(11-4-7-13(19-3)8-5-11)14-9-6-12(18-14)10-17-2/h4-9,15-16H,10H2,1-3H3. The molecule has 0 saturated heterocycles. The van der Waals surface area contributed by atoms with Crippen molar-refractivity contribution >= 4 is 11.8 Å². The van der Waals surface area contributed by atoms with Crippen LogP contribution in [0.1, 0.15) is 23.1 Å². The Labute approximate surface area is 118 Å². The van der Waals surface area contributed by atoms with E-state index in [4.69, 9.17) is 9.15 Å². The van der Waals surface area contributed by atoms with Crippen LogP contribution in [0.2, 0.25) is 0 Å². The van der Waals surface area contributed by atoms with Gasteiger partial charge in [-0.2, -0.15) is 0 Å². The molecule has 0 aliphatic rings. The Morgan fingerprint density at radius 1 is 1.21 bits per heavy atom. The van der Waals surface area contributed by atoms with E-state index in [-0.39, 0.29) is 6.04 Å². The van der Waals surface area contributed by atoms with Gasteiger partial charge in [-0.1, -0.05) is 12.1 Å². The zero-order chi connectivity index (χ0) is 13.7. The predicted molar refractivity (Wildman–Crippen MR) is 78.5 cm³/mol. The molecule has 4 heteroatoms. The maximum absolute atomic E-state index is 5.80. The fraction of sp³-hybridized carbons (Fsp3) is 0.333. The second-order valence-corrected chi connectivity index (χ2v) is 5.11. The van der Waals surface area contributed by atoms with Gasteiger partial charge in [-0.05, 0) is 43.1 Å². The van der Waals surface area contributed by atoms with Gasteiger partial charge in [0.25, 0.3) is 0 Å². The van der Waals surface area contributed by atoms with Crippen LogP contribution >= 0.6 is 11.8 Å². The normalized spacial score (nSPS) is 12.6. The average molecular weight is 277 g/mol. The Balaban J connectivity index is 2.21. The van der Waals surface area contributed by atoms with E-state index in [1.54, 1.807) is 18.9 Å². The monoisotopic (exact) mass is 277 g/mol. The summed E-state index contributed by atoms with van der Waals surface area (Å²) in [4.78, 5) is 1.26. The first kappa shape index (κ1) is 14.2. The summed E-state index contributed by atoms with van der Waals surface area (Å²) in [5.41, 5.74) is 1.19. The Bertz CT molecular complexity index is 507. The highest BCUT2D eigenvalue weighted by atomic mass is 32.2.